The van der Waals surface area contributed by atoms with E-state index in [1.807, 2.05) is 32.0 Å². The molecule has 4 nitrogen and oxygen atoms in total. The van der Waals surface area contributed by atoms with Crippen LogP contribution in [-0.2, 0) is 11.3 Å². The van der Waals surface area contributed by atoms with Crippen LogP contribution in [0, 0.1) is 0 Å². The van der Waals surface area contributed by atoms with Gasteiger partial charge < -0.3 is 11.1 Å². The van der Waals surface area contributed by atoms with Crippen LogP contribution >= 0.6 is 0 Å². The highest BCUT2D eigenvalue weighted by molar-refractivity contribution is 5.76. The average Bonchev–Trinajstić information content (AvgIpc) is 2.42. The van der Waals surface area contributed by atoms with Crippen molar-refractivity contribution in [1.82, 2.24) is 10.2 Å². The summed E-state index contributed by atoms with van der Waals surface area (Å²) in [6.07, 6.45) is 1.49. The zero-order valence-corrected chi connectivity index (χ0v) is 12.6. The lowest BCUT2D eigenvalue weighted by Gasteiger charge is -2.22. The molecule has 0 aliphatic heterocycles. The molecule has 0 unspecified atom stereocenters. The zero-order chi connectivity index (χ0) is 14.8. The first-order valence-electron chi connectivity index (χ1n) is 7.37. The molecule has 20 heavy (non-hydrogen) atoms. The fourth-order valence-electron chi connectivity index (χ4n) is 2.08. The normalized spacial score (nSPS) is 11.1. The first-order chi connectivity index (χ1) is 9.61. The van der Waals surface area contributed by atoms with Crippen LogP contribution in [0.5, 0.6) is 0 Å². The summed E-state index contributed by atoms with van der Waals surface area (Å²) >= 11 is 0. The van der Waals surface area contributed by atoms with Gasteiger partial charge in [-0.1, -0.05) is 30.3 Å². The second-order valence-electron chi connectivity index (χ2n) is 5.38. The van der Waals surface area contributed by atoms with Gasteiger partial charge in [0.15, 0.2) is 0 Å². The molecular formula is C16H27N3O. The number of rotatable bonds is 9. The molecule has 3 N–H and O–H groups in total. The molecule has 0 radical (unpaired) electrons. The zero-order valence-electron chi connectivity index (χ0n) is 12.6. The standard InChI is InChI=1S/C16H27N3O/c1-14(2)18-16(20)9-12-19(11-6-10-17)13-15-7-4-3-5-8-15/h3-5,7-8,14H,6,9-13,17H2,1-2H3,(H,18,20). The topological polar surface area (TPSA) is 58.4 Å². The summed E-state index contributed by atoms with van der Waals surface area (Å²) in [6, 6.07) is 10.5. The van der Waals surface area contributed by atoms with Crippen molar-refractivity contribution < 1.29 is 4.79 Å². The predicted octanol–water partition coefficient (Wildman–Crippen LogP) is 1.75. The van der Waals surface area contributed by atoms with E-state index in [9.17, 15) is 4.79 Å². The molecular weight excluding hydrogens is 250 g/mol. The molecule has 0 saturated heterocycles. The van der Waals surface area contributed by atoms with E-state index in [4.69, 9.17) is 5.73 Å². The molecule has 0 bridgehead atoms. The molecule has 0 saturated carbocycles. The van der Waals surface area contributed by atoms with Crippen LogP contribution in [0.2, 0.25) is 0 Å². The van der Waals surface area contributed by atoms with Gasteiger partial charge in [0.25, 0.3) is 0 Å². The molecule has 0 aliphatic carbocycles. The van der Waals surface area contributed by atoms with Crippen LogP contribution in [0.15, 0.2) is 30.3 Å². The largest absolute Gasteiger partial charge is 0.354 e. The summed E-state index contributed by atoms with van der Waals surface area (Å²) in [6.45, 7) is 7.22. The minimum atomic E-state index is 0.116. The molecule has 0 aliphatic rings. The molecule has 0 atom stereocenters. The van der Waals surface area contributed by atoms with Gasteiger partial charge in [0.05, 0.1) is 0 Å². The van der Waals surface area contributed by atoms with Crippen LogP contribution in [0.3, 0.4) is 0 Å². The van der Waals surface area contributed by atoms with Gasteiger partial charge in [0.1, 0.15) is 0 Å². The highest BCUT2D eigenvalue weighted by Gasteiger charge is 2.09. The van der Waals surface area contributed by atoms with Gasteiger partial charge in [-0.05, 0) is 38.9 Å². The maximum Gasteiger partial charge on any atom is 0.221 e. The Labute approximate surface area is 122 Å². The Hall–Kier alpha value is -1.39. The van der Waals surface area contributed by atoms with Crippen molar-refractivity contribution in [2.45, 2.75) is 39.3 Å². The molecule has 0 heterocycles. The minimum Gasteiger partial charge on any atom is -0.354 e. The number of carbonyl (C=O) groups excluding carboxylic acids is 1. The lowest BCUT2D eigenvalue weighted by atomic mass is 10.2. The summed E-state index contributed by atoms with van der Waals surface area (Å²) in [5.74, 6) is 0.116. The van der Waals surface area contributed by atoms with E-state index >= 15 is 0 Å². The summed E-state index contributed by atoms with van der Waals surface area (Å²) in [4.78, 5) is 14.0. The second-order valence-corrected chi connectivity index (χ2v) is 5.38. The number of amides is 1. The highest BCUT2D eigenvalue weighted by atomic mass is 16.1. The Balaban J connectivity index is 2.45. The van der Waals surface area contributed by atoms with Crippen molar-refractivity contribution >= 4 is 5.91 Å². The first kappa shape index (κ1) is 16.7. The molecule has 0 fully saturated rings. The molecule has 112 valence electrons. The first-order valence-corrected chi connectivity index (χ1v) is 7.37. The van der Waals surface area contributed by atoms with Crippen LogP contribution < -0.4 is 11.1 Å². The average molecular weight is 277 g/mol. The predicted molar refractivity (Wildman–Crippen MR) is 83.3 cm³/mol. The maximum atomic E-state index is 11.7. The summed E-state index contributed by atoms with van der Waals surface area (Å²) in [5, 5.41) is 2.93. The Bertz CT molecular complexity index is 379. The minimum absolute atomic E-state index is 0.116. The van der Waals surface area contributed by atoms with Crippen LogP contribution in [0.25, 0.3) is 0 Å². The van der Waals surface area contributed by atoms with Gasteiger partial charge in [-0.15, -0.1) is 0 Å². The number of nitrogens with two attached hydrogens (primary N) is 1. The molecule has 4 heteroatoms. The molecule has 1 amide bonds. The number of nitrogens with one attached hydrogen (secondary N) is 1. The van der Waals surface area contributed by atoms with Crippen LogP contribution in [-0.4, -0.2) is 36.5 Å². The van der Waals surface area contributed by atoms with E-state index in [1.165, 1.54) is 5.56 Å². The number of hydrogen-bond donors (Lipinski definition) is 2. The maximum absolute atomic E-state index is 11.7. The fraction of sp³-hybridized carbons (Fsp3) is 0.562. The molecule has 1 aromatic carbocycles. The van der Waals surface area contributed by atoms with Gasteiger partial charge in [0, 0.05) is 25.6 Å². The third-order valence-electron chi connectivity index (χ3n) is 3.03. The van der Waals surface area contributed by atoms with E-state index in [0.717, 1.165) is 26.1 Å². The Morgan fingerprint density at radius 3 is 2.55 bits per heavy atom. The van der Waals surface area contributed by atoms with Crippen LogP contribution in [0.4, 0.5) is 0 Å². The van der Waals surface area contributed by atoms with Crippen molar-refractivity contribution in [2.75, 3.05) is 19.6 Å². The summed E-state index contributed by atoms with van der Waals surface area (Å²) in [5.41, 5.74) is 6.86. The van der Waals surface area contributed by atoms with Crippen LogP contribution in [0.1, 0.15) is 32.3 Å². The van der Waals surface area contributed by atoms with E-state index in [0.29, 0.717) is 13.0 Å². The van der Waals surface area contributed by atoms with Gasteiger partial charge in [-0.2, -0.15) is 0 Å². The monoisotopic (exact) mass is 277 g/mol. The molecule has 0 spiro atoms. The number of benzene rings is 1. The van der Waals surface area contributed by atoms with Crippen molar-refractivity contribution in [3.8, 4) is 0 Å². The van der Waals surface area contributed by atoms with Gasteiger partial charge >= 0.3 is 0 Å². The highest BCUT2D eigenvalue weighted by Crippen LogP contribution is 2.05. The third kappa shape index (κ3) is 7.26. The lowest BCUT2D eigenvalue weighted by molar-refractivity contribution is -0.121. The van der Waals surface area contributed by atoms with E-state index in [2.05, 4.69) is 22.3 Å². The summed E-state index contributed by atoms with van der Waals surface area (Å²) < 4.78 is 0. The van der Waals surface area contributed by atoms with Crippen molar-refractivity contribution in [3.05, 3.63) is 35.9 Å². The van der Waals surface area contributed by atoms with Crippen molar-refractivity contribution in [1.29, 1.82) is 0 Å². The van der Waals surface area contributed by atoms with E-state index in [1.54, 1.807) is 0 Å². The second kappa shape index (κ2) is 9.50. The summed E-state index contributed by atoms with van der Waals surface area (Å²) in [7, 11) is 0. The molecule has 0 aromatic heterocycles. The molecule has 1 aromatic rings. The smallest absolute Gasteiger partial charge is 0.221 e. The SMILES string of the molecule is CC(C)NC(=O)CCN(CCCN)Cc1ccccc1. The molecule has 1 rings (SSSR count). The Kier molecular flexibility index (Phi) is 7.92. The number of hydrogen-bond acceptors (Lipinski definition) is 3. The third-order valence-corrected chi connectivity index (χ3v) is 3.03. The van der Waals surface area contributed by atoms with E-state index < -0.39 is 0 Å². The van der Waals surface area contributed by atoms with Crippen molar-refractivity contribution in [3.63, 3.8) is 0 Å². The van der Waals surface area contributed by atoms with Gasteiger partial charge in [0.2, 0.25) is 5.91 Å². The Morgan fingerprint density at radius 1 is 1.25 bits per heavy atom. The van der Waals surface area contributed by atoms with Gasteiger partial charge in [-0.25, -0.2) is 0 Å². The van der Waals surface area contributed by atoms with E-state index in [-0.39, 0.29) is 11.9 Å². The quantitative estimate of drug-likeness (QED) is 0.723. The Morgan fingerprint density at radius 2 is 1.95 bits per heavy atom. The fourth-order valence-corrected chi connectivity index (χ4v) is 2.08. The van der Waals surface area contributed by atoms with Crippen molar-refractivity contribution in [2.24, 2.45) is 5.73 Å². The number of carbonyl (C=O) groups is 1. The number of nitrogens with zero attached hydrogens (tertiary/aromatic N) is 1. The lowest BCUT2D eigenvalue weighted by Crippen LogP contribution is -2.34. The van der Waals surface area contributed by atoms with Gasteiger partial charge in [-0.3, -0.25) is 9.69 Å².